The fourth-order valence-electron chi connectivity index (χ4n) is 1.73. The van der Waals surface area contributed by atoms with Gasteiger partial charge in [-0.1, -0.05) is 6.92 Å². The number of pyridine rings is 1. The molecule has 17 heavy (non-hydrogen) atoms. The van der Waals surface area contributed by atoms with Crippen molar-refractivity contribution in [2.45, 2.75) is 32.2 Å². The summed E-state index contributed by atoms with van der Waals surface area (Å²) in [7, 11) is 1.75. The number of nitrogens with one attached hydrogen (secondary N) is 1. The molecular weight excluding hydrogens is 280 g/mol. The van der Waals surface area contributed by atoms with Crippen LogP contribution in [0.2, 0.25) is 0 Å². The third kappa shape index (κ3) is 6.15. The van der Waals surface area contributed by atoms with E-state index in [2.05, 4.69) is 39.2 Å². The van der Waals surface area contributed by atoms with E-state index >= 15 is 0 Å². The Kier molecular flexibility index (Phi) is 7.40. The first-order chi connectivity index (χ1) is 8.26. The highest BCUT2D eigenvalue weighted by Crippen LogP contribution is 2.12. The van der Waals surface area contributed by atoms with Crippen LogP contribution < -0.4 is 5.32 Å². The molecule has 1 heterocycles. The standard InChI is InChI=1S/C13H21BrN2O/c1-3-6-16-13(10-17-2)5-4-11-7-12(14)9-15-8-11/h7-9,13,16H,3-6,10H2,1-2H3. The van der Waals surface area contributed by atoms with E-state index in [1.54, 1.807) is 7.11 Å². The van der Waals surface area contributed by atoms with Crippen LogP contribution in [0.4, 0.5) is 0 Å². The van der Waals surface area contributed by atoms with Gasteiger partial charge in [0, 0.05) is 30.0 Å². The van der Waals surface area contributed by atoms with Gasteiger partial charge in [0.05, 0.1) is 6.61 Å². The number of nitrogens with zero attached hydrogens (tertiary/aromatic N) is 1. The molecule has 0 radical (unpaired) electrons. The van der Waals surface area contributed by atoms with Crippen LogP contribution in [-0.2, 0) is 11.2 Å². The van der Waals surface area contributed by atoms with Gasteiger partial charge in [0.15, 0.2) is 0 Å². The molecule has 3 nitrogen and oxygen atoms in total. The Morgan fingerprint density at radius 3 is 2.94 bits per heavy atom. The summed E-state index contributed by atoms with van der Waals surface area (Å²) in [6.07, 6.45) is 6.99. The van der Waals surface area contributed by atoms with Crippen LogP contribution in [0.25, 0.3) is 0 Å². The second-order valence-electron chi connectivity index (χ2n) is 4.16. The van der Waals surface area contributed by atoms with Crippen LogP contribution in [0.3, 0.4) is 0 Å². The highest BCUT2D eigenvalue weighted by Gasteiger charge is 2.07. The molecule has 0 aliphatic rings. The second-order valence-corrected chi connectivity index (χ2v) is 5.07. The van der Waals surface area contributed by atoms with Gasteiger partial charge >= 0.3 is 0 Å². The summed E-state index contributed by atoms with van der Waals surface area (Å²) in [5.74, 6) is 0. The van der Waals surface area contributed by atoms with Gasteiger partial charge in [-0.3, -0.25) is 4.98 Å². The minimum Gasteiger partial charge on any atom is -0.383 e. The van der Waals surface area contributed by atoms with Crippen molar-refractivity contribution in [1.29, 1.82) is 0 Å². The summed E-state index contributed by atoms with van der Waals surface area (Å²) >= 11 is 3.44. The van der Waals surface area contributed by atoms with Crippen LogP contribution in [0.1, 0.15) is 25.3 Å². The third-order valence-corrected chi connectivity index (χ3v) is 3.03. The number of ether oxygens (including phenoxy) is 1. The van der Waals surface area contributed by atoms with Crippen molar-refractivity contribution >= 4 is 15.9 Å². The normalized spacial score (nSPS) is 12.6. The van der Waals surface area contributed by atoms with Gasteiger partial charge in [-0.2, -0.15) is 0 Å². The molecule has 1 atom stereocenters. The molecule has 1 N–H and O–H groups in total. The summed E-state index contributed by atoms with van der Waals surface area (Å²) in [4.78, 5) is 4.17. The average molecular weight is 301 g/mol. The maximum Gasteiger partial charge on any atom is 0.0615 e. The van der Waals surface area contributed by atoms with Gasteiger partial charge in [-0.15, -0.1) is 0 Å². The second kappa shape index (κ2) is 8.61. The van der Waals surface area contributed by atoms with E-state index in [4.69, 9.17) is 4.74 Å². The number of hydrogen-bond donors (Lipinski definition) is 1. The predicted molar refractivity (Wildman–Crippen MR) is 74.2 cm³/mol. The number of hydrogen-bond acceptors (Lipinski definition) is 3. The lowest BCUT2D eigenvalue weighted by Gasteiger charge is -2.17. The summed E-state index contributed by atoms with van der Waals surface area (Å²) in [5, 5.41) is 3.50. The molecule has 0 amide bonds. The van der Waals surface area contributed by atoms with E-state index in [0.717, 1.165) is 36.9 Å². The van der Waals surface area contributed by atoms with Gasteiger partial charge < -0.3 is 10.1 Å². The minimum atomic E-state index is 0.430. The zero-order chi connectivity index (χ0) is 12.5. The van der Waals surface area contributed by atoms with Gasteiger partial charge in [0.25, 0.3) is 0 Å². The lowest BCUT2D eigenvalue weighted by molar-refractivity contribution is 0.162. The van der Waals surface area contributed by atoms with Gasteiger partial charge in [-0.05, 0) is 53.4 Å². The largest absolute Gasteiger partial charge is 0.383 e. The van der Waals surface area contributed by atoms with E-state index in [1.165, 1.54) is 5.56 Å². The Morgan fingerprint density at radius 1 is 1.47 bits per heavy atom. The van der Waals surface area contributed by atoms with Crippen LogP contribution in [0.5, 0.6) is 0 Å². The Labute approximate surface area is 112 Å². The zero-order valence-corrected chi connectivity index (χ0v) is 12.2. The van der Waals surface area contributed by atoms with Gasteiger partial charge in [-0.25, -0.2) is 0 Å². The van der Waals surface area contributed by atoms with Crippen molar-refractivity contribution in [1.82, 2.24) is 10.3 Å². The van der Waals surface area contributed by atoms with Crippen molar-refractivity contribution in [3.05, 3.63) is 28.5 Å². The quantitative estimate of drug-likeness (QED) is 0.802. The smallest absolute Gasteiger partial charge is 0.0615 e. The van der Waals surface area contributed by atoms with Crippen LogP contribution in [-0.4, -0.2) is 31.3 Å². The minimum absolute atomic E-state index is 0.430. The van der Waals surface area contributed by atoms with Crippen LogP contribution >= 0.6 is 15.9 Å². The molecule has 0 spiro atoms. The summed E-state index contributed by atoms with van der Waals surface area (Å²) in [6, 6.07) is 2.55. The highest BCUT2D eigenvalue weighted by atomic mass is 79.9. The molecule has 1 unspecified atom stereocenters. The SMILES string of the molecule is CCCNC(CCc1cncc(Br)c1)COC. The van der Waals surface area contributed by atoms with E-state index in [0.29, 0.717) is 6.04 Å². The van der Waals surface area contributed by atoms with Crippen molar-refractivity contribution in [2.24, 2.45) is 0 Å². The van der Waals surface area contributed by atoms with Crippen molar-refractivity contribution in [3.8, 4) is 0 Å². The number of methoxy groups -OCH3 is 1. The molecule has 1 aromatic rings. The molecule has 0 aliphatic heterocycles. The third-order valence-electron chi connectivity index (χ3n) is 2.59. The lowest BCUT2D eigenvalue weighted by atomic mass is 10.1. The van der Waals surface area contributed by atoms with E-state index in [1.807, 2.05) is 12.4 Å². The number of rotatable bonds is 8. The van der Waals surface area contributed by atoms with E-state index in [9.17, 15) is 0 Å². The van der Waals surface area contributed by atoms with Gasteiger partial charge in [0.1, 0.15) is 0 Å². The molecule has 1 rings (SSSR count). The van der Waals surface area contributed by atoms with Crippen LogP contribution in [0, 0.1) is 0 Å². The van der Waals surface area contributed by atoms with E-state index < -0.39 is 0 Å². The molecule has 0 bridgehead atoms. The lowest BCUT2D eigenvalue weighted by Crippen LogP contribution is -2.34. The first-order valence-corrected chi connectivity index (χ1v) is 6.87. The molecule has 0 fully saturated rings. The van der Waals surface area contributed by atoms with Crippen molar-refractivity contribution in [2.75, 3.05) is 20.3 Å². The number of aromatic nitrogens is 1. The molecular formula is C13H21BrN2O. The fourth-order valence-corrected chi connectivity index (χ4v) is 2.14. The molecule has 4 heteroatoms. The maximum atomic E-state index is 5.23. The first kappa shape index (κ1) is 14.6. The number of halogens is 1. The summed E-state index contributed by atoms with van der Waals surface area (Å²) in [5.41, 5.74) is 1.26. The van der Waals surface area contributed by atoms with Crippen molar-refractivity contribution < 1.29 is 4.74 Å². The Balaban J connectivity index is 2.39. The first-order valence-electron chi connectivity index (χ1n) is 6.08. The monoisotopic (exact) mass is 300 g/mol. The topological polar surface area (TPSA) is 34.2 Å². The molecule has 0 aromatic carbocycles. The fraction of sp³-hybridized carbons (Fsp3) is 0.615. The van der Waals surface area contributed by atoms with Crippen molar-refractivity contribution in [3.63, 3.8) is 0 Å². The average Bonchev–Trinajstić information content (AvgIpc) is 2.33. The number of aryl methyl sites for hydroxylation is 1. The molecule has 0 aliphatic carbocycles. The molecule has 0 saturated carbocycles. The molecule has 96 valence electrons. The summed E-state index contributed by atoms with van der Waals surface area (Å²) in [6.45, 7) is 3.99. The van der Waals surface area contributed by atoms with Crippen LogP contribution in [0.15, 0.2) is 22.9 Å². The molecule has 1 aromatic heterocycles. The Morgan fingerprint density at radius 2 is 2.29 bits per heavy atom. The molecule has 0 saturated heterocycles. The maximum absolute atomic E-state index is 5.23. The Bertz CT molecular complexity index is 320. The van der Waals surface area contributed by atoms with Gasteiger partial charge in [0.2, 0.25) is 0 Å². The zero-order valence-electron chi connectivity index (χ0n) is 10.6. The summed E-state index contributed by atoms with van der Waals surface area (Å²) < 4.78 is 6.27. The van der Waals surface area contributed by atoms with E-state index in [-0.39, 0.29) is 0 Å². The predicted octanol–water partition coefficient (Wildman–Crippen LogP) is 2.79. The highest BCUT2D eigenvalue weighted by molar-refractivity contribution is 9.10. The Hall–Kier alpha value is -0.450.